The monoisotopic (exact) mass is 199 g/mol. The first-order valence-electron chi connectivity index (χ1n) is 5.22. The SMILES string of the molecule is COCCCCC1CNCCN1[C]=O. The van der Waals surface area contributed by atoms with E-state index in [0.717, 1.165) is 45.5 Å². The number of hydrogen-bond donors (Lipinski definition) is 1. The fourth-order valence-corrected chi connectivity index (χ4v) is 1.77. The summed E-state index contributed by atoms with van der Waals surface area (Å²) in [4.78, 5) is 12.4. The van der Waals surface area contributed by atoms with Gasteiger partial charge in [0.1, 0.15) is 0 Å². The summed E-state index contributed by atoms with van der Waals surface area (Å²) in [5.74, 6) is 0. The van der Waals surface area contributed by atoms with E-state index in [1.807, 2.05) is 6.41 Å². The summed E-state index contributed by atoms with van der Waals surface area (Å²) in [6, 6.07) is 0.332. The van der Waals surface area contributed by atoms with Gasteiger partial charge in [-0.1, -0.05) is 0 Å². The smallest absolute Gasteiger partial charge is 0.312 e. The summed E-state index contributed by atoms with van der Waals surface area (Å²) in [6.07, 6.45) is 5.23. The van der Waals surface area contributed by atoms with Crippen molar-refractivity contribution in [3.63, 3.8) is 0 Å². The Morgan fingerprint density at radius 3 is 3.14 bits per heavy atom. The molecule has 1 aliphatic rings. The summed E-state index contributed by atoms with van der Waals surface area (Å²) in [6.45, 7) is 3.40. The Hall–Kier alpha value is -0.610. The molecule has 0 aromatic heterocycles. The van der Waals surface area contributed by atoms with Gasteiger partial charge in [0.2, 0.25) is 0 Å². The van der Waals surface area contributed by atoms with Crippen LogP contribution < -0.4 is 5.32 Å². The van der Waals surface area contributed by atoms with Gasteiger partial charge >= 0.3 is 6.41 Å². The molecule has 0 bridgehead atoms. The van der Waals surface area contributed by atoms with Gasteiger partial charge in [0.15, 0.2) is 0 Å². The molecule has 1 N–H and O–H groups in total. The van der Waals surface area contributed by atoms with Gasteiger partial charge in [-0.3, -0.25) is 4.79 Å². The Bertz CT molecular complexity index is 164. The zero-order chi connectivity index (χ0) is 10.2. The van der Waals surface area contributed by atoms with E-state index in [0.29, 0.717) is 6.04 Å². The predicted molar refractivity (Wildman–Crippen MR) is 54.8 cm³/mol. The van der Waals surface area contributed by atoms with Crippen molar-refractivity contribution in [2.24, 2.45) is 0 Å². The summed E-state index contributed by atoms with van der Waals surface area (Å²) in [7, 11) is 1.72. The predicted octanol–water partition coefficient (Wildman–Crippen LogP) is 0.144. The van der Waals surface area contributed by atoms with Crippen LogP contribution in [0, 0.1) is 0 Å². The highest BCUT2D eigenvalue weighted by atomic mass is 16.5. The third-order valence-electron chi connectivity index (χ3n) is 2.60. The number of piperazine rings is 1. The van der Waals surface area contributed by atoms with E-state index < -0.39 is 0 Å². The van der Waals surface area contributed by atoms with Crippen LogP contribution >= 0.6 is 0 Å². The second kappa shape index (κ2) is 6.79. The molecule has 1 heterocycles. The standard InChI is InChI=1S/C10H19N2O2/c1-14-7-3-2-4-10-8-11-5-6-12(10)9-13/h10-11H,2-8H2,1H3. The van der Waals surface area contributed by atoms with Crippen molar-refractivity contribution in [3.05, 3.63) is 0 Å². The van der Waals surface area contributed by atoms with Crippen LogP contribution in [0.5, 0.6) is 0 Å². The highest BCUT2D eigenvalue weighted by Crippen LogP contribution is 2.09. The molecule has 1 radical (unpaired) electrons. The maximum atomic E-state index is 10.6. The second-order valence-corrected chi connectivity index (χ2v) is 3.63. The van der Waals surface area contributed by atoms with Crippen LogP contribution in [-0.2, 0) is 9.53 Å². The van der Waals surface area contributed by atoms with E-state index >= 15 is 0 Å². The van der Waals surface area contributed by atoms with E-state index in [1.54, 1.807) is 12.0 Å². The number of nitrogens with zero attached hydrogens (tertiary/aromatic N) is 1. The molecule has 4 heteroatoms. The molecule has 1 aliphatic heterocycles. The number of hydrogen-bond acceptors (Lipinski definition) is 3. The van der Waals surface area contributed by atoms with Crippen molar-refractivity contribution >= 4 is 6.41 Å². The first-order chi connectivity index (χ1) is 6.88. The number of ether oxygens (including phenoxy) is 1. The average Bonchev–Trinajstić information content (AvgIpc) is 2.25. The number of rotatable bonds is 6. The van der Waals surface area contributed by atoms with Gasteiger partial charge in [0, 0.05) is 39.4 Å². The van der Waals surface area contributed by atoms with Crippen molar-refractivity contribution in [1.82, 2.24) is 10.2 Å². The Morgan fingerprint density at radius 1 is 1.57 bits per heavy atom. The quantitative estimate of drug-likeness (QED) is 0.619. The lowest BCUT2D eigenvalue weighted by molar-refractivity contribution is 0.182. The van der Waals surface area contributed by atoms with Crippen LogP contribution in [0.4, 0.5) is 0 Å². The molecule has 0 aromatic rings. The zero-order valence-corrected chi connectivity index (χ0v) is 8.79. The fraction of sp³-hybridized carbons (Fsp3) is 0.900. The number of nitrogens with one attached hydrogen (secondary N) is 1. The van der Waals surface area contributed by atoms with Crippen molar-refractivity contribution in [2.45, 2.75) is 25.3 Å². The molecule has 0 aromatic carbocycles. The second-order valence-electron chi connectivity index (χ2n) is 3.63. The molecular formula is C10H19N2O2. The van der Waals surface area contributed by atoms with Gasteiger partial charge in [-0.15, -0.1) is 0 Å². The van der Waals surface area contributed by atoms with E-state index in [1.165, 1.54) is 0 Å². The fourth-order valence-electron chi connectivity index (χ4n) is 1.77. The number of carbonyl (C=O) groups excluding carboxylic acids is 1. The van der Waals surface area contributed by atoms with Gasteiger partial charge in [-0.25, -0.2) is 0 Å². The van der Waals surface area contributed by atoms with Crippen LogP contribution in [-0.4, -0.2) is 50.7 Å². The molecule has 1 rings (SSSR count). The molecule has 0 saturated carbocycles. The van der Waals surface area contributed by atoms with Crippen molar-refractivity contribution in [1.29, 1.82) is 0 Å². The summed E-state index contributed by atoms with van der Waals surface area (Å²) in [5.41, 5.74) is 0. The van der Waals surface area contributed by atoms with Crippen molar-refractivity contribution in [3.8, 4) is 0 Å². The maximum Gasteiger partial charge on any atom is 0.312 e. The van der Waals surface area contributed by atoms with Gasteiger partial charge in [0.25, 0.3) is 0 Å². The minimum Gasteiger partial charge on any atom is -0.385 e. The maximum absolute atomic E-state index is 10.6. The Morgan fingerprint density at radius 2 is 2.43 bits per heavy atom. The molecule has 1 amide bonds. The first kappa shape index (κ1) is 11.5. The number of amides is 1. The molecule has 0 aliphatic carbocycles. The Balaban J connectivity index is 2.16. The topological polar surface area (TPSA) is 41.6 Å². The van der Waals surface area contributed by atoms with E-state index in [2.05, 4.69) is 5.32 Å². The van der Waals surface area contributed by atoms with Crippen LogP contribution in [0.1, 0.15) is 19.3 Å². The summed E-state index contributed by atoms with van der Waals surface area (Å²) >= 11 is 0. The summed E-state index contributed by atoms with van der Waals surface area (Å²) < 4.78 is 4.98. The Kier molecular flexibility index (Phi) is 5.56. The van der Waals surface area contributed by atoms with Crippen LogP contribution in [0.3, 0.4) is 0 Å². The van der Waals surface area contributed by atoms with E-state index in [-0.39, 0.29) is 0 Å². The van der Waals surface area contributed by atoms with Crippen LogP contribution in [0.15, 0.2) is 0 Å². The molecule has 4 nitrogen and oxygen atoms in total. The van der Waals surface area contributed by atoms with Crippen LogP contribution in [0.2, 0.25) is 0 Å². The Labute approximate surface area is 85.6 Å². The highest BCUT2D eigenvalue weighted by molar-refractivity contribution is 5.49. The highest BCUT2D eigenvalue weighted by Gasteiger charge is 2.20. The molecule has 14 heavy (non-hydrogen) atoms. The molecular weight excluding hydrogens is 180 g/mol. The lowest BCUT2D eigenvalue weighted by Gasteiger charge is -2.32. The molecule has 1 saturated heterocycles. The molecule has 1 fully saturated rings. The van der Waals surface area contributed by atoms with Gasteiger partial charge < -0.3 is 15.0 Å². The lowest BCUT2D eigenvalue weighted by atomic mass is 10.1. The minimum atomic E-state index is 0.332. The van der Waals surface area contributed by atoms with Crippen molar-refractivity contribution < 1.29 is 9.53 Å². The van der Waals surface area contributed by atoms with Gasteiger partial charge in [0.05, 0.1) is 0 Å². The summed E-state index contributed by atoms with van der Waals surface area (Å²) in [5, 5.41) is 3.29. The number of unbranched alkanes of at least 4 members (excludes halogenated alkanes) is 1. The molecule has 81 valence electrons. The van der Waals surface area contributed by atoms with Gasteiger partial charge in [-0.05, 0) is 19.3 Å². The first-order valence-corrected chi connectivity index (χ1v) is 5.22. The molecule has 1 unspecified atom stereocenters. The van der Waals surface area contributed by atoms with E-state index in [4.69, 9.17) is 4.74 Å². The van der Waals surface area contributed by atoms with Gasteiger partial charge in [-0.2, -0.15) is 0 Å². The number of methoxy groups -OCH3 is 1. The average molecular weight is 199 g/mol. The minimum absolute atomic E-state index is 0.332. The zero-order valence-electron chi connectivity index (χ0n) is 8.79. The molecule has 0 spiro atoms. The largest absolute Gasteiger partial charge is 0.385 e. The molecule has 1 atom stereocenters. The van der Waals surface area contributed by atoms with Crippen LogP contribution in [0.25, 0.3) is 0 Å². The van der Waals surface area contributed by atoms with E-state index in [9.17, 15) is 4.79 Å². The van der Waals surface area contributed by atoms with Crippen molar-refractivity contribution in [2.75, 3.05) is 33.4 Å². The lowest BCUT2D eigenvalue weighted by Crippen LogP contribution is -2.50. The normalized spacial score (nSPS) is 22.4. The third kappa shape index (κ3) is 3.64. The third-order valence-corrected chi connectivity index (χ3v) is 2.60.